The topological polar surface area (TPSA) is 81.6 Å². The van der Waals surface area contributed by atoms with Gasteiger partial charge in [0.05, 0.1) is 18.0 Å². The molecule has 0 aliphatic rings. The summed E-state index contributed by atoms with van der Waals surface area (Å²) in [5, 5.41) is 0. The molecule has 0 radical (unpaired) electrons. The van der Waals surface area contributed by atoms with Gasteiger partial charge in [0, 0.05) is 25.8 Å². The van der Waals surface area contributed by atoms with E-state index in [1.807, 2.05) is 18.9 Å². The average molecular weight is 237 g/mol. The lowest BCUT2D eigenvalue weighted by Gasteiger charge is -2.21. The normalized spacial score (nSPS) is 10.2. The second kappa shape index (κ2) is 6.10. The van der Waals surface area contributed by atoms with Crippen molar-refractivity contribution in [2.45, 2.75) is 6.92 Å². The van der Waals surface area contributed by atoms with E-state index in [-0.39, 0.29) is 0 Å². The van der Waals surface area contributed by atoms with Gasteiger partial charge in [-0.1, -0.05) is 0 Å². The molecule has 4 N–H and O–H groups in total. The van der Waals surface area contributed by atoms with Crippen LogP contribution in [0.3, 0.4) is 0 Å². The second-order valence-corrected chi connectivity index (χ2v) is 3.76. The van der Waals surface area contributed by atoms with E-state index in [1.165, 1.54) is 0 Å². The number of carbonyl (C=O) groups is 1. The minimum absolute atomic E-state index is 0.454. The zero-order valence-electron chi connectivity index (χ0n) is 10.3. The molecule has 17 heavy (non-hydrogen) atoms. The summed E-state index contributed by atoms with van der Waals surface area (Å²) in [5.41, 5.74) is 13.0. The van der Waals surface area contributed by atoms with Crippen LogP contribution in [0.1, 0.15) is 17.3 Å². The Labute approximate surface area is 101 Å². The number of carbonyl (C=O) groups excluding carboxylic acids is 1. The molecule has 0 fully saturated rings. The number of benzene rings is 1. The SMILES string of the molecule is CCOCCN(C)c1cc(C(N)=O)ccc1N. The third-order valence-corrected chi connectivity index (χ3v) is 2.50. The summed E-state index contributed by atoms with van der Waals surface area (Å²) in [4.78, 5) is 13.0. The predicted molar refractivity (Wildman–Crippen MR) is 69.1 cm³/mol. The highest BCUT2D eigenvalue weighted by atomic mass is 16.5. The Morgan fingerprint density at radius 3 is 2.76 bits per heavy atom. The van der Waals surface area contributed by atoms with Crippen molar-refractivity contribution in [3.63, 3.8) is 0 Å². The van der Waals surface area contributed by atoms with Gasteiger partial charge >= 0.3 is 0 Å². The number of hydrogen-bond donors (Lipinski definition) is 2. The average Bonchev–Trinajstić information content (AvgIpc) is 2.29. The molecule has 1 aromatic carbocycles. The lowest BCUT2D eigenvalue weighted by atomic mass is 10.1. The molecule has 0 atom stereocenters. The quantitative estimate of drug-likeness (QED) is 0.567. The summed E-state index contributed by atoms with van der Waals surface area (Å²) < 4.78 is 5.27. The number of anilines is 2. The Bertz CT molecular complexity index is 393. The number of nitrogens with zero attached hydrogens (tertiary/aromatic N) is 1. The molecule has 0 saturated carbocycles. The maximum absolute atomic E-state index is 11.1. The molecule has 0 bridgehead atoms. The zero-order valence-corrected chi connectivity index (χ0v) is 10.3. The third-order valence-electron chi connectivity index (χ3n) is 2.50. The molecule has 94 valence electrons. The van der Waals surface area contributed by atoms with E-state index in [4.69, 9.17) is 16.2 Å². The lowest BCUT2D eigenvalue weighted by molar-refractivity contribution is 0.100. The van der Waals surface area contributed by atoms with Crippen LogP contribution in [0.5, 0.6) is 0 Å². The van der Waals surface area contributed by atoms with E-state index >= 15 is 0 Å². The highest BCUT2D eigenvalue weighted by Crippen LogP contribution is 2.23. The summed E-state index contributed by atoms with van der Waals surface area (Å²) in [7, 11) is 1.90. The van der Waals surface area contributed by atoms with Gasteiger partial charge in [0.1, 0.15) is 0 Å². The molecule has 5 nitrogen and oxygen atoms in total. The fourth-order valence-electron chi connectivity index (χ4n) is 1.49. The number of rotatable bonds is 6. The van der Waals surface area contributed by atoms with Gasteiger partial charge in [0.15, 0.2) is 0 Å². The Morgan fingerprint density at radius 1 is 1.47 bits per heavy atom. The summed E-state index contributed by atoms with van der Waals surface area (Å²) in [6.07, 6.45) is 0. The van der Waals surface area contributed by atoms with Crippen LogP contribution in [0, 0.1) is 0 Å². The Kier molecular flexibility index (Phi) is 4.78. The number of nitrogens with two attached hydrogens (primary N) is 2. The van der Waals surface area contributed by atoms with Crippen molar-refractivity contribution in [2.75, 3.05) is 37.4 Å². The van der Waals surface area contributed by atoms with Gasteiger partial charge in [-0.05, 0) is 25.1 Å². The first-order valence-corrected chi connectivity index (χ1v) is 5.54. The first-order chi connectivity index (χ1) is 8.06. The molecular weight excluding hydrogens is 218 g/mol. The third kappa shape index (κ3) is 3.64. The van der Waals surface area contributed by atoms with Crippen LogP contribution in [0.15, 0.2) is 18.2 Å². The largest absolute Gasteiger partial charge is 0.397 e. The van der Waals surface area contributed by atoms with Gasteiger partial charge in [0.2, 0.25) is 5.91 Å². The van der Waals surface area contributed by atoms with Crippen LogP contribution in [0.4, 0.5) is 11.4 Å². The molecule has 0 saturated heterocycles. The van der Waals surface area contributed by atoms with Crippen molar-refractivity contribution in [2.24, 2.45) is 5.73 Å². The number of primary amides is 1. The molecule has 0 aromatic heterocycles. The van der Waals surface area contributed by atoms with Gasteiger partial charge in [-0.2, -0.15) is 0 Å². The lowest BCUT2D eigenvalue weighted by Crippen LogP contribution is -2.24. The Balaban J connectivity index is 2.80. The standard InChI is InChI=1S/C12H19N3O2/c1-3-17-7-6-15(2)11-8-9(12(14)16)4-5-10(11)13/h4-5,8H,3,6-7,13H2,1-2H3,(H2,14,16). The van der Waals surface area contributed by atoms with Gasteiger partial charge < -0.3 is 21.1 Å². The number of ether oxygens (including phenoxy) is 1. The second-order valence-electron chi connectivity index (χ2n) is 3.76. The van der Waals surface area contributed by atoms with Gasteiger partial charge in [0.25, 0.3) is 0 Å². The van der Waals surface area contributed by atoms with Crippen LogP contribution in [-0.2, 0) is 4.74 Å². The van der Waals surface area contributed by atoms with Crippen LogP contribution in [0.25, 0.3) is 0 Å². The minimum Gasteiger partial charge on any atom is -0.397 e. The number of nitrogen functional groups attached to an aromatic ring is 1. The Hall–Kier alpha value is -1.75. The van der Waals surface area contributed by atoms with Crippen molar-refractivity contribution in [3.05, 3.63) is 23.8 Å². The summed E-state index contributed by atoms with van der Waals surface area (Å²) in [6, 6.07) is 5.01. The smallest absolute Gasteiger partial charge is 0.248 e. The molecule has 0 heterocycles. The molecule has 1 amide bonds. The fraction of sp³-hybridized carbons (Fsp3) is 0.417. The van der Waals surface area contributed by atoms with E-state index in [2.05, 4.69) is 0 Å². The molecule has 0 spiro atoms. The zero-order chi connectivity index (χ0) is 12.8. The first-order valence-electron chi connectivity index (χ1n) is 5.54. The monoisotopic (exact) mass is 237 g/mol. The van der Waals surface area contributed by atoms with Crippen LogP contribution in [-0.4, -0.2) is 32.7 Å². The maximum atomic E-state index is 11.1. The van der Waals surface area contributed by atoms with Crippen molar-refractivity contribution in [1.82, 2.24) is 0 Å². The molecule has 0 aliphatic carbocycles. The molecule has 0 aliphatic heterocycles. The highest BCUT2D eigenvalue weighted by molar-refractivity contribution is 5.95. The number of hydrogen-bond acceptors (Lipinski definition) is 4. The Morgan fingerprint density at radius 2 is 2.18 bits per heavy atom. The van der Waals surface area contributed by atoms with E-state index in [1.54, 1.807) is 18.2 Å². The van der Waals surface area contributed by atoms with E-state index < -0.39 is 5.91 Å². The van der Waals surface area contributed by atoms with Crippen LogP contribution in [0.2, 0.25) is 0 Å². The van der Waals surface area contributed by atoms with E-state index in [0.29, 0.717) is 31.0 Å². The molecule has 1 rings (SSSR count). The van der Waals surface area contributed by atoms with Crippen molar-refractivity contribution < 1.29 is 9.53 Å². The molecule has 1 aromatic rings. The first kappa shape index (κ1) is 13.3. The summed E-state index contributed by atoms with van der Waals surface area (Å²) in [5.74, 6) is -0.454. The fourth-order valence-corrected chi connectivity index (χ4v) is 1.49. The summed E-state index contributed by atoms with van der Waals surface area (Å²) in [6.45, 7) is 3.96. The number of likely N-dealkylation sites (N-methyl/N-ethyl adjacent to an activating group) is 1. The van der Waals surface area contributed by atoms with E-state index in [0.717, 1.165) is 5.69 Å². The van der Waals surface area contributed by atoms with Crippen molar-refractivity contribution in [3.8, 4) is 0 Å². The maximum Gasteiger partial charge on any atom is 0.248 e. The minimum atomic E-state index is -0.454. The van der Waals surface area contributed by atoms with Gasteiger partial charge in [-0.15, -0.1) is 0 Å². The van der Waals surface area contributed by atoms with Crippen LogP contribution < -0.4 is 16.4 Å². The van der Waals surface area contributed by atoms with Crippen molar-refractivity contribution in [1.29, 1.82) is 0 Å². The highest BCUT2D eigenvalue weighted by Gasteiger charge is 2.08. The molecular formula is C12H19N3O2. The van der Waals surface area contributed by atoms with Gasteiger partial charge in [-0.25, -0.2) is 0 Å². The predicted octanol–water partition coefficient (Wildman–Crippen LogP) is 0.840. The number of amides is 1. The summed E-state index contributed by atoms with van der Waals surface area (Å²) >= 11 is 0. The van der Waals surface area contributed by atoms with Gasteiger partial charge in [-0.3, -0.25) is 4.79 Å². The molecule has 5 heteroatoms. The van der Waals surface area contributed by atoms with Crippen LogP contribution >= 0.6 is 0 Å². The molecule has 0 unspecified atom stereocenters. The van der Waals surface area contributed by atoms with Crippen molar-refractivity contribution >= 4 is 17.3 Å². The van der Waals surface area contributed by atoms with E-state index in [9.17, 15) is 4.79 Å².